The molecule has 0 aromatic carbocycles. The van der Waals surface area contributed by atoms with Crippen molar-refractivity contribution >= 4 is 29.8 Å². The Morgan fingerprint density at radius 3 is 1.67 bits per heavy atom. The van der Waals surface area contributed by atoms with E-state index in [-0.39, 0.29) is 107 Å². The number of rotatable bonds is 12. The molecular formula is C49H88O12. The van der Waals surface area contributed by atoms with Crippen molar-refractivity contribution in [2.75, 3.05) is 0 Å². The zero-order valence-electron chi connectivity index (χ0n) is 34.3. The number of ether oxygens (including phenoxy) is 5. The summed E-state index contributed by atoms with van der Waals surface area (Å²) in [6.07, 6.45) is 7.04. The van der Waals surface area contributed by atoms with Crippen LogP contribution in [0, 0.1) is 40.9 Å². The summed E-state index contributed by atoms with van der Waals surface area (Å²) in [5.41, 5.74) is -7.64. The molecule has 0 spiro atoms. The largest absolute Gasteiger partial charge is 0.460 e. The third-order valence-corrected chi connectivity index (χ3v) is 14.7. The van der Waals surface area contributed by atoms with E-state index in [0.717, 1.165) is 19.3 Å². The van der Waals surface area contributed by atoms with Crippen LogP contribution < -0.4 is 0 Å². The van der Waals surface area contributed by atoms with Crippen LogP contribution in [0.25, 0.3) is 0 Å². The van der Waals surface area contributed by atoms with E-state index >= 15 is 0 Å². The summed E-state index contributed by atoms with van der Waals surface area (Å²) >= 11 is 0. The number of hydrogen-bond donors (Lipinski definition) is 2. The summed E-state index contributed by atoms with van der Waals surface area (Å²) in [4.78, 5) is 68.4. The molecule has 8 aliphatic carbocycles. The molecule has 0 amide bonds. The minimum absolute atomic E-state index is 0. The highest BCUT2D eigenvalue weighted by Crippen LogP contribution is 2.64. The van der Waals surface area contributed by atoms with Gasteiger partial charge in [0.2, 0.25) is 0 Å². The van der Waals surface area contributed by atoms with Gasteiger partial charge in [0.25, 0.3) is 0 Å². The second-order valence-corrected chi connectivity index (χ2v) is 21.4. The van der Waals surface area contributed by atoms with E-state index in [1.165, 1.54) is 0 Å². The fourth-order valence-electron chi connectivity index (χ4n) is 12.9. The summed E-state index contributed by atoms with van der Waals surface area (Å²) in [6, 6.07) is 0. The van der Waals surface area contributed by atoms with E-state index in [2.05, 4.69) is 0 Å². The molecular weight excluding hydrogens is 781 g/mol. The summed E-state index contributed by atoms with van der Waals surface area (Å²) in [5.74, 6) is -4.16. The molecule has 12 heteroatoms. The predicted molar refractivity (Wildman–Crippen MR) is 237 cm³/mol. The summed E-state index contributed by atoms with van der Waals surface area (Å²) in [6.45, 7) is 14.2. The molecule has 1 saturated heterocycles. The van der Waals surface area contributed by atoms with Crippen LogP contribution in [-0.2, 0) is 47.7 Å². The molecule has 1 aliphatic heterocycles. The van der Waals surface area contributed by atoms with Gasteiger partial charge in [-0.1, -0.05) is 58.4 Å². The molecule has 12 nitrogen and oxygen atoms in total. The van der Waals surface area contributed by atoms with E-state index in [9.17, 15) is 34.2 Å². The molecule has 8 unspecified atom stereocenters. The lowest BCUT2D eigenvalue weighted by Gasteiger charge is -2.62. The van der Waals surface area contributed by atoms with Crippen LogP contribution in [0.4, 0.5) is 0 Å². The molecule has 8 atom stereocenters. The Morgan fingerprint density at radius 1 is 0.689 bits per heavy atom. The van der Waals surface area contributed by atoms with Crippen molar-refractivity contribution in [1.29, 1.82) is 0 Å². The maximum atomic E-state index is 14.5. The first-order valence-corrected chi connectivity index (χ1v) is 20.9. The van der Waals surface area contributed by atoms with Crippen LogP contribution in [0.2, 0.25) is 0 Å². The standard InChI is InChI=1S/C43H64O12.6CH4/c1-9-29(33(46)53-42-17-26-11-27(18-42)14-39(13-26,21-42)35(48)55-36(3,4)5)12-30(10-25(2)32(45)52-38(8)20-31(44)51-37(38,6)7)34(47)54-43-19-28-15-40(49,23-43)22-41(50,16-28)24-43;;;;;;/h25-30,49-50H,9-24H2,1-8H3;6*1H4. The molecule has 9 aliphatic rings. The summed E-state index contributed by atoms with van der Waals surface area (Å²) in [7, 11) is 0. The SMILES string of the molecule is C.C.C.C.C.C.CCC(CC(CC(C)C(=O)OC1(C)CC(=O)OC1(C)C)C(=O)OC12CC3CC(O)(CC(O)(C3)C1)C2)C(=O)OC12CC3CC(C1)CC(C(=O)OC(C)(C)C)(C3)C2. The maximum Gasteiger partial charge on any atom is 0.312 e. The highest BCUT2D eigenvalue weighted by Gasteiger charge is 2.66. The first-order chi connectivity index (χ1) is 25.3. The molecule has 8 bridgehead atoms. The number of carbonyl (C=O) groups excluding carboxylic acids is 5. The molecule has 9 rings (SSSR count). The third-order valence-electron chi connectivity index (χ3n) is 14.7. The van der Waals surface area contributed by atoms with Crippen molar-refractivity contribution in [3.63, 3.8) is 0 Å². The lowest BCUT2D eigenvalue weighted by Crippen LogP contribution is -2.67. The van der Waals surface area contributed by atoms with Gasteiger partial charge in [-0.25, -0.2) is 0 Å². The van der Waals surface area contributed by atoms with Gasteiger partial charge in [0.15, 0.2) is 5.60 Å². The van der Waals surface area contributed by atoms with Crippen LogP contribution in [0.3, 0.4) is 0 Å². The van der Waals surface area contributed by atoms with Crippen LogP contribution in [0.1, 0.15) is 203 Å². The first kappa shape index (κ1) is 56.3. The zero-order valence-corrected chi connectivity index (χ0v) is 34.3. The van der Waals surface area contributed by atoms with Crippen molar-refractivity contribution in [2.45, 2.75) is 242 Å². The van der Waals surface area contributed by atoms with Crippen molar-refractivity contribution in [1.82, 2.24) is 0 Å². The van der Waals surface area contributed by atoms with E-state index < -0.39 is 86.3 Å². The molecule has 2 N–H and O–H groups in total. The molecule has 356 valence electrons. The van der Waals surface area contributed by atoms with Gasteiger partial charge in [0.05, 0.1) is 40.8 Å². The molecule has 0 aromatic rings. The van der Waals surface area contributed by atoms with E-state index in [4.69, 9.17) is 23.7 Å². The lowest BCUT2D eigenvalue weighted by molar-refractivity contribution is -0.263. The van der Waals surface area contributed by atoms with Gasteiger partial charge >= 0.3 is 29.8 Å². The minimum Gasteiger partial charge on any atom is -0.460 e. The summed E-state index contributed by atoms with van der Waals surface area (Å²) in [5, 5.41) is 22.8. The second kappa shape index (κ2) is 18.4. The molecule has 9 fully saturated rings. The Balaban J connectivity index is 0.00000310. The second-order valence-electron chi connectivity index (χ2n) is 21.4. The summed E-state index contributed by atoms with van der Waals surface area (Å²) < 4.78 is 30.2. The van der Waals surface area contributed by atoms with Crippen molar-refractivity contribution in [2.24, 2.45) is 40.9 Å². The van der Waals surface area contributed by atoms with E-state index in [1.54, 1.807) is 27.7 Å². The molecule has 61 heavy (non-hydrogen) atoms. The number of aliphatic hydroxyl groups is 2. The monoisotopic (exact) mass is 869 g/mol. The number of hydrogen-bond acceptors (Lipinski definition) is 12. The van der Waals surface area contributed by atoms with Crippen molar-refractivity contribution in [3.05, 3.63) is 0 Å². The average molecular weight is 869 g/mol. The van der Waals surface area contributed by atoms with E-state index in [1.807, 2.05) is 27.7 Å². The van der Waals surface area contributed by atoms with Gasteiger partial charge in [0.1, 0.15) is 22.4 Å². The van der Waals surface area contributed by atoms with Gasteiger partial charge < -0.3 is 33.9 Å². The van der Waals surface area contributed by atoms with E-state index in [0.29, 0.717) is 44.9 Å². The highest BCUT2D eigenvalue weighted by molar-refractivity contribution is 5.81. The Labute approximate surface area is 369 Å². The fourth-order valence-corrected chi connectivity index (χ4v) is 12.9. The highest BCUT2D eigenvalue weighted by atomic mass is 16.6. The Hall–Kier alpha value is -2.73. The lowest BCUT2D eigenvalue weighted by atomic mass is 9.48. The minimum atomic E-state index is -1.21. The Morgan fingerprint density at radius 2 is 1.20 bits per heavy atom. The quantitative estimate of drug-likeness (QED) is 0.141. The maximum absolute atomic E-state index is 14.5. The molecule has 0 radical (unpaired) electrons. The molecule has 0 aromatic heterocycles. The average Bonchev–Trinajstić information content (AvgIpc) is 3.19. The van der Waals surface area contributed by atoms with Crippen molar-refractivity contribution < 1.29 is 57.9 Å². The van der Waals surface area contributed by atoms with Crippen LogP contribution in [0.5, 0.6) is 0 Å². The van der Waals surface area contributed by atoms with Gasteiger partial charge in [-0.3, -0.25) is 24.0 Å². The smallest absolute Gasteiger partial charge is 0.312 e. The van der Waals surface area contributed by atoms with Crippen molar-refractivity contribution in [3.8, 4) is 0 Å². The molecule has 1 heterocycles. The van der Waals surface area contributed by atoms with Crippen LogP contribution >= 0.6 is 0 Å². The Kier molecular flexibility index (Phi) is 17.0. The third kappa shape index (κ3) is 10.8. The zero-order chi connectivity index (χ0) is 40.2. The predicted octanol–water partition coefficient (Wildman–Crippen LogP) is 9.85. The molecule has 8 saturated carbocycles. The van der Waals surface area contributed by atoms with Crippen LogP contribution in [0.15, 0.2) is 0 Å². The van der Waals surface area contributed by atoms with Gasteiger partial charge in [-0.2, -0.15) is 0 Å². The number of cyclic esters (lactones) is 1. The number of carbonyl (C=O) groups is 5. The first-order valence-electron chi connectivity index (χ1n) is 20.9. The van der Waals surface area contributed by atoms with Gasteiger partial charge in [-0.15, -0.1) is 0 Å². The number of esters is 5. The van der Waals surface area contributed by atoms with Gasteiger partial charge in [0, 0.05) is 25.7 Å². The topological polar surface area (TPSA) is 172 Å². The van der Waals surface area contributed by atoms with Crippen LogP contribution in [-0.4, -0.2) is 79.3 Å². The Bertz CT molecular complexity index is 1580. The normalized spacial score (nSPS) is 38.1. The fraction of sp³-hybridized carbons (Fsp3) is 0.898. The van der Waals surface area contributed by atoms with Gasteiger partial charge in [-0.05, 0) is 130 Å².